The largest absolute Gasteiger partial charge is 0.394 e. The summed E-state index contributed by atoms with van der Waals surface area (Å²) in [7, 11) is 0. The molecule has 1 aliphatic heterocycles. The molecule has 0 bridgehead atoms. The number of nitrogens with one attached hydrogen (secondary N) is 1. The maximum atomic E-state index is 11.5. The zero-order valence-corrected chi connectivity index (χ0v) is 9.11. The molecule has 2 atom stereocenters. The summed E-state index contributed by atoms with van der Waals surface area (Å²) in [6, 6.07) is 0. The average Bonchev–Trinajstić information content (AvgIpc) is 2.71. The lowest BCUT2D eigenvalue weighted by atomic mass is 10.2. The van der Waals surface area contributed by atoms with Crippen LogP contribution in [0.2, 0.25) is 5.02 Å². The Morgan fingerprint density at radius 2 is 2.31 bits per heavy atom. The molecule has 0 aliphatic carbocycles. The van der Waals surface area contributed by atoms with Crippen LogP contribution in [0.3, 0.4) is 0 Å². The molecule has 2 rings (SSSR count). The zero-order valence-electron chi connectivity index (χ0n) is 8.35. The number of halogens is 1. The van der Waals surface area contributed by atoms with Crippen LogP contribution in [0.5, 0.6) is 0 Å². The lowest BCUT2D eigenvalue weighted by Crippen LogP contribution is -2.32. The predicted molar refractivity (Wildman–Crippen MR) is 56.6 cm³/mol. The van der Waals surface area contributed by atoms with Gasteiger partial charge in [-0.1, -0.05) is 11.6 Å². The van der Waals surface area contributed by atoms with Gasteiger partial charge in [-0.05, 0) is 12.8 Å². The molecule has 0 amide bonds. The van der Waals surface area contributed by atoms with Crippen molar-refractivity contribution in [2.24, 2.45) is 0 Å². The van der Waals surface area contributed by atoms with Crippen LogP contribution in [0, 0.1) is 0 Å². The number of hydrogen-bond donors (Lipinski definition) is 2. The molecule has 1 aromatic rings. The van der Waals surface area contributed by atoms with E-state index >= 15 is 0 Å². The van der Waals surface area contributed by atoms with Crippen molar-refractivity contribution in [1.82, 2.24) is 9.55 Å². The highest BCUT2D eigenvalue weighted by atomic mass is 35.5. The summed E-state index contributed by atoms with van der Waals surface area (Å²) in [6.45, 7) is -0.0810. The molecule has 1 saturated heterocycles. The van der Waals surface area contributed by atoms with Crippen molar-refractivity contribution in [1.29, 1.82) is 0 Å². The number of nitrogens with zero attached hydrogens (tertiary/aromatic N) is 1. The van der Waals surface area contributed by atoms with Crippen LogP contribution in [0.15, 0.2) is 15.8 Å². The maximum absolute atomic E-state index is 11.5. The Labute approximate surface area is 95.4 Å². The van der Waals surface area contributed by atoms with Gasteiger partial charge in [0.15, 0.2) is 0 Å². The van der Waals surface area contributed by atoms with Crippen LogP contribution < -0.4 is 11.2 Å². The fourth-order valence-corrected chi connectivity index (χ4v) is 1.85. The van der Waals surface area contributed by atoms with Crippen molar-refractivity contribution < 1.29 is 9.84 Å². The lowest BCUT2D eigenvalue weighted by molar-refractivity contribution is -0.0246. The molecule has 16 heavy (non-hydrogen) atoms. The van der Waals surface area contributed by atoms with E-state index in [0.29, 0.717) is 12.8 Å². The van der Waals surface area contributed by atoms with Gasteiger partial charge in [0, 0.05) is 6.20 Å². The smallest absolute Gasteiger partial charge is 0.330 e. The Morgan fingerprint density at radius 3 is 2.94 bits per heavy atom. The van der Waals surface area contributed by atoms with Gasteiger partial charge in [0.1, 0.15) is 11.3 Å². The van der Waals surface area contributed by atoms with Crippen LogP contribution >= 0.6 is 11.6 Å². The highest BCUT2D eigenvalue weighted by Crippen LogP contribution is 2.26. The summed E-state index contributed by atoms with van der Waals surface area (Å²) in [5, 5.41) is 8.84. The summed E-state index contributed by atoms with van der Waals surface area (Å²) in [4.78, 5) is 24.6. The molecule has 1 fully saturated rings. The van der Waals surface area contributed by atoms with Crippen molar-refractivity contribution in [2.45, 2.75) is 25.2 Å². The zero-order chi connectivity index (χ0) is 11.7. The molecule has 0 unspecified atom stereocenters. The first-order chi connectivity index (χ1) is 7.61. The van der Waals surface area contributed by atoms with E-state index < -0.39 is 17.5 Å². The molecule has 2 N–H and O–H groups in total. The maximum Gasteiger partial charge on any atom is 0.330 e. The number of aliphatic hydroxyl groups excluding tert-OH is 1. The average molecular weight is 247 g/mol. The van der Waals surface area contributed by atoms with E-state index in [9.17, 15) is 9.59 Å². The third-order valence-electron chi connectivity index (χ3n) is 2.52. The molecule has 88 valence electrons. The summed E-state index contributed by atoms with van der Waals surface area (Å²) < 4.78 is 6.64. The summed E-state index contributed by atoms with van der Waals surface area (Å²) in [5.41, 5.74) is -1.17. The van der Waals surface area contributed by atoms with Gasteiger partial charge in [-0.3, -0.25) is 14.3 Å². The normalized spacial score (nSPS) is 24.9. The number of rotatable bonds is 2. The second-order valence-electron chi connectivity index (χ2n) is 3.62. The highest BCUT2D eigenvalue weighted by molar-refractivity contribution is 6.30. The first-order valence-corrected chi connectivity index (χ1v) is 5.27. The van der Waals surface area contributed by atoms with E-state index in [2.05, 4.69) is 4.98 Å². The number of hydrogen-bond acceptors (Lipinski definition) is 4. The monoisotopic (exact) mass is 246 g/mol. The Balaban J connectivity index is 2.32. The number of ether oxygens (including phenoxy) is 1. The van der Waals surface area contributed by atoms with Gasteiger partial charge < -0.3 is 9.84 Å². The molecule has 1 aliphatic rings. The van der Waals surface area contributed by atoms with Gasteiger partial charge in [-0.25, -0.2) is 4.79 Å². The minimum Gasteiger partial charge on any atom is -0.394 e. The molecular weight excluding hydrogens is 236 g/mol. The third kappa shape index (κ3) is 2.04. The van der Waals surface area contributed by atoms with E-state index in [0.717, 1.165) is 0 Å². The van der Waals surface area contributed by atoms with E-state index in [-0.39, 0.29) is 17.7 Å². The summed E-state index contributed by atoms with van der Waals surface area (Å²) in [5.74, 6) is 0. The van der Waals surface area contributed by atoms with Crippen LogP contribution in [-0.2, 0) is 4.74 Å². The molecule has 7 heteroatoms. The van der Waals surface area contributed by atoms with Gasteiger partial charge in [0.2, 0.25) is 0 Å². The fourth-order valence-electron chi connectivity index (χ4n) is 1.70. The summed E-state index contributed by atoms with van der Waals surface area (Å²) >= 11 is 5.63. The second-order valence-corrected chi connectivity index (χ2v) is 4.02. The number of aliphatic hydroxyl groups is 1. The minimum atomic E-state index is -0.611. The molecule has 2 heterocycles. The molecular formula is C9H11ClN2O4. The van der Waals surface area contributed by atoms with Gasteiger partial charge in [0.05, 0.1) is 12.7 Å². The van der Waals surface area contributed by atoms with Crippen LogP contribution in [0.4, 0.5) is 0 Å². The van der Waals surface area contributed by atoms with E-state index in [4.69, 9.17) is 21.4 Å². The topological polar surface area (TPSA) is 84.3 Å². The molecule has 0 radical (unpaired) electrons. The number of aromatic amines is 1. The van der Waals surface area contributed by atoms with Crippen LogP contribution in [-0.4, -0.2) is 27.4 Å². The molecule has 0 aromatic carbocycles. The first-order valence-electron chi connectivity index (χ1n) is 4.89. The first kappa shape index (κ1) is 11.4. The predicted octanol–water partition coefficient (Wildman–Crippen LogP) is -0.140. The fraction of sp³-hybridized carbons (Fsp3) is 0.556. The molecule has 1 aromatic heterocycles. The second kappa shape index (κ2) is 4.40. The SMILES string of the molecule is O=c1[nH]c(=O)n([C@@H]2CC[C@@H](CO)O2)cc1Cl. The Morgan fingerprint density at radius 1 is 1.56 bits per heavy atom. The van der Waals surface area contributed by atoms with Crippen LogP contribution in [0.25, 0.3) is 0 Å². The van der Waals surface area contributed by atoms with Gasteiger partial charge >= 0.3 is 5.69 Å². The van der Waals surface area contributed by atoms with E-state index in [1.165, 1.54) is 10.8 Å². The Bertz CT molecular complexity index is 495. The van der Waals surface area contributed by atoms with E-state index in [1.54, 1.807) is 0 Å². The Kier molecular flexibility index (Phi) is 3.13. The van der Waals surface area contributed by atoms with E-state index in [1.807, 2.05) is 0 Å². The highest BCUT2D eigenvalue weighted by Gasteiger charge is 2.26. The lowest BCUT2D eigenvalue weighted by Gasteiger charge is -2.14. The standard InChI is InChI=1S/C9H11ClN2O4/c10-6-3-12(9(15)11-8(6)14)7-2-1-5(4-13)16-7/h3,5,7,13H,1-2,4H2,(H,11,14,15)/t5-,7-/m0/s1. The van der Waals surface area contributed by atoms with Gasteiger partial charge in [-0.2, -0.15) is 0 Å². The number of H-pyrrole nitrogens is 1. The quantitative estimate of drug-likeness (QED) is 0.761. The van der Waals surface area contributed by atoms with Crippen molar-refractivity contribution in [3.63, 3.8) is 0 Å². The van der Waals surface area contributed by atoms with Crippen molar-refractivity contribution in [3.8, 4) is 0 Å². The van der Waals surface area contributed by atoms with Crippen LogP contribution in [0.1, 0.15) is 19.1 Å². The van der Waals surface area contributed by atoms with Crippen molar-refractivity contribution in [3.05, 3.63) is 32.1 Å². The molecule has 0 spiro atoms. The minimum absolute atomic E-state index is 0.0596. The summed E-state index contributed by atoms with van der Waals surface area (Å²) in [6.07, 6.45) is 1.80. The van der Waals surface area contributed by atoms with Crippen molar-refractivity contribution >= 4 is 11.6 Å². The molecule has 6 nitrogen and oxygen atoms in total. The number of aromatic nitrogens is 2. The third-order valence-corrected chi connectivity index (χ3v) is 2.79. The van der Waals surface area contributed by atoms with Crippen molar-refractivity contribution in [2.75, 3.05) is 6.61 Å². The van der Waals surface area contributed by atoms with Gasteiger partial charge in [0.25, 0.3) is 5.56 Å². The Hall–Kier alpha value is -1.11. The molecule has 0 saturated carbocycles. The van der Waals surface area contributed by atoms with Gasteiger partial charge in [-0.15, -0.1) is 0 Å².